The number of benzene rings is 2. The van der Waals surface area contributed by atoms with Crippen molar-refractivity contribution < 1.29 is 9.53 Å². The molecule has 0 heterocycles. The number of hydrogen-bond donors (Lipinski definition) is 1. The van der Waals surface area contributed by atoms with Gasteiger partial charge in [0.15, 0.2) is 6.10 Å². The van der Waals surface area contributed by atoms with E-state index < -0.39 is 6.10 Å². The first-order valence-electron chi connectivity index (χ1n) is 7.00. The van der Waals surface area contributed by atoms with Crippen molar-refractivity contribution in [2.45, 2.75) is 24.3 Å². The summed E-state index contributed by atoms with van der Waals surface area (Å²) in [6.07, 6.45) is 1.94. The van der Waals surface area contributed by atoms with Crippen LogP contribution in [0.1, 0.15) is 13.3 Å². The van der Waals surface area contributed by atoms with Crippen LogP contribution >= 0.6 is 23.4 Å². The Bertz CT molecular complexity index is 648. The molecular weight excluding hydrogens is 318 g/mol. The number of para-hydroxylation sites is 2. The lowest BCUT2D eigenvalue weighted by atomic mass is 10.2. The molecule has 1 amide bonds. The monoisotopic (exact) mass is 335 g/mol. The first-order chi connectivity index (χ1) is 10.7. The number of hydrogen-bond acceptors (Lipinski definition) is 3. The van der Waals surface area contributed by atoms with E-state index >= 15 is 0 Å². The van der Waals surface area contributed by atoms with E-state index in [9.17, 15) is 4.79 Å². The maximum atomic E-state index is 12.4. The smallest absolute Gasteiger partial charge is 0.265 e. The topological polar surface area (TPSA) is 38.3 Å². The van der Waals surface area contributed by atoms with Crippen molar-refractivity contribution in [1.29, 1.82) is 0 Å². The number of amides is 1. The third-order valence-corrected chi connectivity index (χ3v) is 4.24. The highest BCUT2D eigenvalue weighted by atomic mass is 35.5. The molecule has 1 atom stereocenters. The van der Waals surface area contributed by atoms with Crippen molar-refractivity contribution >= 4 is 35.0 Å². The lowest BCUT2D eigenvalue weighted by Crippen LogP contribution is -2.32. The highest BCUT2D eigenvalue weighted by molar-refractivity contribution is 7.98. The zero-order chi connectivity index (χ0) is 15.9. The molecule has 1 N–H and O–H groups in total. The Kier molecular flexibility index (Phi) is 6.16. The Hall–Kier alpha value is -1.65. The van der Waals surface area contributed by atoms with Gasteiger partial charge in [0.05, 0.1) is 10.7 Å². The second kappa shape index (κ2) is 8.11. The summed E-state index contributed by atoms with van der Waals surface area (Å²) in [4.78, 5) is 13.5. The molecule has 2 aromatic carbocycles. The molecular formula is C17H18ClNO2S. The molecule has 0 saturated carbocycles. The molecule has 0 bridgehead atoms. The van der Waals surface area contributed by atoms with E-state index in [1.807, 2.05) is 49.6 Å². The number of nitrogens with one attached hydrogen (secondary N) is 1. The van der Waals surface area contributed by atoms with E-state index in [1.54, 1.807) is 23.9 Å². The van der Waals surface area contributed by atoms with Gasteiger partial charge in [-0.15, -0.1) is 11.8 Å². The SMILES string of the molecule is CC[C@@H](Oc1ccccc1Cl)C(=O)Nc1ccccc1SC. The van der Waals surface area contributed by atoms with Gasteiger partial charge in [-0.25, -0.2) is 0 Å². The quantitative estimate of drug-likeness (QED) is 0.766. The number of ether oxygens (including phenoxy) is 1. The highest BCUT2D eigenvalue weighted by Gasteiger charge is 2.20. The second-order valence-corrected chi connectivity index (χ2v) is 5.89. The van der Waals surface area contributed by atoms with Gasteiger partial charge in [0.1, 0.15) is 5.75 Å². The third kappa shape index (κ3) is 4.18. The largest absolute Gasteiger partial charge is 0.479 e. The van der Waals surface area contributed by atoms with Crippen LogP contribution in [0.25, 0.3) is 0 Å². The Labute approximate surface area is 140 Å². The predicted octanol–water partition coefficient (Wildman–Crippen LogP) is 4.86. The standard InChI is InChI=1S/C17H18ClNO2S/c1-3-14(21-15-10-6-4-8-12(15)18)17(20)19-13-9-5-7-11-16(13)22-2/h4-11,14H,3H2,1-2H3,(H,19,20)/t14-/m1/s1. The average Bonchev–Trinajstić information content (AvgIpc) is 2.54. The van der Waals surface area contributed by atoms with E-state index in [0.717, 1.165) is 10.6 Å². The molecule has 116 valence electrons. The summed E-state index contributed by atoms with van der Waals surface area (Å²) in [6.45, 7) is 1.90. The predicted molar refractivity (Wildman–Crippen MR) is 93.0 cm³/mol. The molecule has 0 fully saturated rings. The van der Waals surface area contributed by atoms with Crippen molar-refractivity contribution in [2.24, 2.45) is 0 Å². The minimum Gasteiger partial charge on any atom is -0.479 e. The number of anilines is 1. The van der Waals surface area contributed by atoms with E-state index in [2.05, 4.69) is 5.32 Å². The van der Waals surface area contributed by atoms with Crippen molar-refractivity contribution in [3.8, 4) is 5.75 Å². The van der Waals surface area contributed by atoms with Gasteiger partial charge in [-0.2, -0.15) is 0 Å². The third-order valence-electron chi connectivity index (χ3n) is 3.13. The van der Waals surface area contributed by atoms with Gasteiger partial charge in [-0.3, -0.25) is 4.79 Å². The number of carbonyl (C=O) groups excluding carboxylic acids is 1. The van der Waals surface area contributed by atoms with Gasteiger partial charge >= 0.3 is 0 Å². The lowest BCUT2D eigenvalue weighted by Gasteiger charge is -2.18. The van der Waals surface area contributed by atoms with Crippen molar-refractivity contribution in [1.82, 2.24) is 0 Å². The van der Waals surface area contributed by atoms with Gasteiger partial charge in [-0.05, 0) is 36.9 Å². The van der Waals surface area contributed by atoms with Gasteiger partial charge in [0.2, 0.25) is 0 Å². The van der Waals surface area contributed by atoms with Gasteiger partial charge < -0.3 is 10.1 Å². The van der Waals surface area contributed by atoms with Crippen LogP contribution in [0.3, 0.4) is 0 Å². The molecule has 0 spiro atoms. The summed E-state index contributed by atoms with van der Waals surface area (Å²) in [5.41, 5.74) is 0.793. The fraction of sp³-hybridized carbons (Fsp3) is 0.235. The normalized spacial score (nSPS) is 11.8. The van der Waals surface area contributed by atoms with Crippen LogP contribution in [0.4, 0.5) is 5.69 Å². The molecule has 5 heteroatoms. The molecule has 0 saturated heterocycles. The van der Waals surface area contributed by atoms with E-state index in [0.29, 0.717) is 17.2 Å². The zero-order valence-corrected chi connectivity index (χ0v) is 14.1. The molecule has 0 aliphatic carbocycles. The summed E-state index contributed by atoms with van der Waals surface area (Å²) in [6, 6.07) is 14.8. The number of rotatable bonds is 6. The summed E-state index contributed by atoms with van der Waals surface area (Å²) >= 11 is 7.66. The molecule has 0 radical (unpaired) electrons. The first-order valence-corrected chi connectivity index (χ1v) is 8.61. The van der Waals surface area contributed by atoms with Crippen molar-refractivity contribution in [3.05, 3.63) is 53.6 Å². The molecule has 0 unspecified atom stereocenters. The minimum atomic E-state index is -0.588. The summed E-state index contributed by atoms with van der Waals surface area (Å²) in [5.74, 6) is 0.341. The molecule has 2 rings (SSSR count). The van der Waals surface area contributed by atoms with E-state index in [4.69, 9.17) is 16.3 Å². The molecule has 2 aromatic rings. The fourth-order valence-corrected chi connectivity index (χ4v) is 2.71. The van der Waals surface area contributed by atoms with Crippen LogP contribution in [-0.4, -0.2) is 18.3 Å². The summed E-state index contributed by atoms with van der Waals surface area (Å²) < 4.78 is 5.75. The van der Waals surface area contributed by atoms with E-state index in [1.165, 1.54) is 0 Å². The number of thioether (sulfide) groups is 1. The molecule has 3 nitrogen and oxygen atoms in total. The van der Waals surface area contributed by atoms with Gasteiger partial charge in [0, 0.05) is 4.90 Å². The van der Waals surface area contributed by atoms with Crippen LogP contribution in [0, 0.1) is 0 Å². The van der Waals surface area contributed by atoms with Crippen LogP contribution in [0.5, 0.6) is 5.75 Å². The summed E-state index contributed by atoms with van der Waals surface area (Å²) in [7, 11) is 0. The first kappa shape index (κ1) is 16.7. The maximum absolute atomic E-state index is 12.4. The number of carbonyl (C=O) groups is 1. The zero-order valence-electron chi connectivity index (χ0n) is 12.5. The van der Waals surface area contributed by atoms with Crippen LogP contribution in [-0.2, 0) is 4.79 Å². The molecule has 0 aliphatic heterocycles. The van der Waals surface area contributed by atoms with Crippen LogP contribution in [0.15, 0.2) is 53.4 Å². The van der Waals surface area contributed by atoms with Gasteiger partial charge in [-0.1, -0.05) is 42.8 Å². The average molecular weight is 336 g/mol. The Balaban J connectivity index is 2.11. The van der Waals surface area contributed by atoms with Crippen LogP contribution in [0.2, 0.25) is 5.02 Å². The van der Waals surface area contributed by atoms with Crippen LogP contribution < -0.4 is 10.1 Å². The fourth-order valence-electron chi connectivity index (χ4n) is 1.98. The minimum absolute atomic E-state index is 0.177. The highest BCUT2D eigenvalue weighted by Crippen LogP contribution is 2.27. The Morgan fingerprint density at radius 2 is 1.91 bits per heavy atom. The maximum Gasteiger partial charge on any atom is 0.265 e. The number of halogens is 1. The van der Waals surface area contributed by atoms with Crippen molar-refractivity contribution in [2.75, 3.05) is 11.6 Å². The second-order valence-electron chi connectivity index (χ2n) is 4.63. The van der Waals surface area contributed by atoms with Gasteiger partial charge in [0.25, 0.3) is 5.91 Å². The Morgan fingerprint density at radius 1 is 1.23 bits per heavy atom. The summed E-state index contributed by atoms with van der Waals surface area (Å²) in [5, 5.41) is 3.42. The lowest BCUT2D eigenvalue weighted by molar-refractivity contribution is -0.122. The molecule has 0 aliphatic rings. The molecule has 22 heavy (non-hydrogen) atoms. The Morgan fingerprint density at radius 3 is 2.59 bits per heavy atom. The molecule has 0 aromatic heterocycles. The van der Waals surface area contributed by atoms with E-state index in [-0.39, 0.29) is 5.91 Å². The van der Waals surface area contributed by atoms with Crippen molar-refractivity contribution in [3.63, 3.8) is 0 Å².